The number of carbonyl (C=O) groups excluding carboxylic acids is 1. The van der Waals surface area contributed by atoms with Crippen LogP contribution in [0.3, 0.4) is 0 Å². The largest absolute Gasteiger partial charge is 0.378 e. The summed E-state index contributed by atoms with van der Waals surface area (Å²) in [6.07, 6.45) is 0. The molecule has 0 spiro atoms. The Labute approximate surface area is 181 Å². The third-order valence-electron chi connectivity index (χ3n) is 4.98. The number of benzene rings is 2. The van der Waals surface area contributed by atoms with Gasteiger partial charge in [0.05, 0.1) is 10.2 Å². The van der Waals surface area contributed by atoms with E-state index in [0.717, 1.165) is 35.5 Å². The van der Waals surface area contributed by atoms with Gasteiger partial charge in [-0.25, -0.2) is 4.98 Å². The zero-order valence-electron chi connectivity index (χ0n) is 17.4. The van der Waals surface area contributed by atoms with E-state index in [1.165, 1.54) is 11.3 Å². The number of aromatic nitrogens is 1. The lowest BCUT2D eigenvalue weighted by molar-refractivity contribution is 0.0984. The molecule has 0 bridgehead atoms. The average Bonchev–Trinajstić information content (AvgIpc) is 3.13. The molecule has 2 aromatic carbocycles. The minimum atomic E-state index is -0.0346. The van der Waals surface area contributed by atoms with Crippen LogP contribution >= 0.6 is 22.9 Å². The minimum absolute atomic E-state index is 0.0346. The van der Waals surface area contributed by atoms with E-state index in [1.807, 2.05) is 61.5 Å². The Bertz CT molecular complexity index is 967. The molecule has 0 aliphatic rings. The predicted octanol–water partition coefficient (Wildman–Crippen LogP) is 5.00. The predicted molar refractivity (Wildman–Crippen MR) is 125 cm³/mol. The fourth-order valence-electron chi connectivity index (χ4n) is 3.13. The number of amides is 1. The van der Waals surface area contributed by atoms with Crippen molar-refractivity contribution >= 4 is 49.9 Å². The summed E-state index contributed by atoms with van der Waals surface area (Å²) in [6.45, 7) is 7.55. The Kier molecular flexibility index (Phi) is 7.11. The van der Waals surface area contributed by atoms with Gasteiger partial charge in [-0.1, -0.05) is 36.8 Å². The summed E-state index contributed by atoms with van der Waals surface area (Å²) < 4.78 is 0.982. The lowest BCUT2D eigenvalue weighted by Gasteiger charge is -2.25. The van der Waals surface area contributed by atoms with Crippen molar-refractivity contribution in [1.82, 2.24) is 9.88 Å². The second-order valence-electron chi connectivity index (χ2n) is 7.03. The van der Waals surface area contributed by atoms with Gasteiger partial charge >= 0.3 is 0 Å². The van der Waals surface area contributed by atoms with Gasteiger partial charge in [0.15, 0.2) is 5.13 Å². The van der Waals surface area contributed by atoms with Gasteiger partial charge in [0.2, 0.25) is 0 Å². The van der Waals surface area contributed by atoms with Crippen LogP contribution in [0.1, 0.15) is 24.2 Å². The fraction of sp³-hybridized carbons (Fsp3) is 0.364. The van der Waals surface area contributed by atoms with Crippen molar-refractivity contribution in [3.8, 4) is 0 Å². The number of rotatable bonds is 8. The number of fused-ring (bicyclic) bond motifs is 1. The van der Waals surface area contributed by atoms with Gasteiger partial charge in [0, 0.05) is 43.5 Å². The first-order valence-corrected chi connectivity index (χ1v) is 11.0. The van der Waals surface area contributed by atoms with Crippen molar-refractivity contribution in [2.24, 2.45) is 0 Å². The van der Waals surface area contributed by atoms with E-state index in [1.54, 1.807) is 4.90 Å². The SMILES string of the molecule is CCN(CC)CCN(C(=O)c1ccc(N(C)C)cc1)c1nc2ccc(Cl)cc2s1. The molecule has 154 valence electrons. The van der Waals surface area contributed by atoms with Crippen molar-refractivity contribution in [2.45, 2.75) is 13.8 Å². The number of carbonyl (C=O) groups is 1. The van der Waals surface area contributed by atoms with Gasteiger partial charge < -0.3 is 9.80 Å². The number of anilines is 2. The number of nitrogens with zero attached hydrogens (tertiary/aromatic N) is 4. The highest BCUT2D eigenvalue weighted by molar-refractivity contribution is 7.22. The molecule has 0 aliphatic heterocycles. The molecule has 1 aromatic heterocycles. The first-order valence-electron chi connectivity index (χ1n) is 9.80. The molecule has 5 nitrogen and oxygen atoms in total. The molecular weight excluding hydrogens is 404 g/mol. The number of thiazole rings is 1. The Morgan fingerprint density at radius 1 is 1.03 bits per heavy atom. The standard InChI is InChI=1S/C22H27ClN4OS/c1-5-26(6-2)13-14-27(21(28)16-7-10-18(11-8-16)25(3)4)22-24-19-12-9-17(23)15-20(19)29-22/h7-12,15H,5-6,13-14H2,1-4H3. The van der Waals surface area contributed by atoms with Gasteiger partial charge in [-0.05, 0) is 55.6 Å². The molecule has 29 heavy (non-hydrogen) atoms. The molecule has 7 heteroatoms. The van der Waals surface area contributed by atoms with Crippen LogP contribution in [-0.2, 0) is 0 Å². The second-order valence-corrected chi connectivity index (χ2v) is 8.48. The van der Waals surface area contributed by atoms with E-state index in [2.05, 4.69) is 18.7 Å². The number of hydrogen-bond donors (Lipinski definition) is 0. The summed E-state index contributed by atoms with van der Waals surface area (Å²) in [5.41, 5.74) is 2.58. The van der Waals surface area contributed by atoms with E-state index in [9.17, 15) is 4.79 Å². The molecule has 0 radical (unpaired) electrons. The zero-order valence-corrected chi connectivity index (χ0v) is 18.9. The molecule has 1 heterocycles. The minimum Gasteiger partial charge on any atom is -0.378 e. The lowest BCUT2D eigenvalue weighted by atomic mass is 10.1. The second kappa shape index (κ2) is 9.57. The highest BCUT2D eigenvalue weighted by Crippen LogP contribution is 2.31. The van der Waals surface area contributed by atoms with E-state index >= 15 is 0 Å². The van der Waals surface area contributed by atoms with Gasteiger partial charge in [0.1, 0.15) is 0 Å². The maximum atomic E-state index is 13.4. The third-order valence-corrected chi connectivity index (χ3v) is 6.26. The number of halogens is 1. The first kappa shape index (κ1) is 21.6. The van der Waals surface area contributed by atoms with Crippen LogP contribution in [0.5, 0.6) is 0 Å². The maximum absolute atomic E-state index is 13.4. The van der Waals surface area contributed by atoms with Gasteiger partial charge in [0.25, 0.3) is 5.91 Å². The monoisotopic (exact) mass is 430 g/mol. The first-order chi connectivity index (χ1) is 13.9. The van der Waals surface area contributed by atoms with Gasteiger partial charge in [-0.3, -0.25) is 9.69 Å². The highest BCUT2D eigenvalue weighted by Gasteiger charge is 2.22. The molecule has 3 aromatic rings. The summed E-state index contributed by atoms with van der Waals surface area (Å²) in [5, 5.41) is 1.38. The van der Waals surface area contributed by atoms with E-state index in [4.69, 9.17) is 16.6 Å². The van der Waals surface area contributed by atoms with Crippen molar-refractivity contribution in [1.29, 1.82) is 0 Å². The quantitative estimate of drug-likeness (QED) is 0.504. The molecule has 0 aliphatic carbocycles. The Balaban J connectivity index is 1.93. The third kappa shape index (κ3) is 5.07. The fourth-order valence-corrected chi connectivity index (χ4v) is 4.39. The summed E-state index contributed by atoms with van der Waals surface area (Å²) in [7, 11) is 3.97. The molecule has 0 atom stereocenters. The molecule has 0 saturated carbocycles. The summed E-state index contributed by atoms with van der Waals surface area (Å²) in [6, 6.07) is 13.3. The topological polar surface area (TPSA) is 39.7 Å². The van der Waals surface area contributed by atoms with Crippen molar-refractivity contribution < 1.29 is 4.79 Å². The zero-order chi connectivity index (χ0) is 21.0. The smallest absolute Gasteiger partial charge is 0.260 e. The van der Waals surface area contributed by atoms with Crippen LogP contribution < -0.4 is 9.80 Å². The lowest BCUT2D eigenvalue weighted by Crippen LogP contribution is -2.38. The highest BCUT2D eigenvalue weighted by atomic mass is 35.5. The number of likely N-dealkylation sites (N-methyl/N-ethyl adjacent to an activating group) is 1. The van der Waals surface area contributed by atoms with E-state index < -0.39 is 0 Å². The van der Waals surface area contributed by atoms with Crippen LogP contribution in [0.2, 0.25) is 5.02 Å². The van der Waals surface area contributed by atoms with Gasteiger partial charge in [-0.2, -0.15) is 0 Å². The number of hydrogen-bond acceptors (Lipinski definition) is 5. The van der Waals surface area contributed by atoms with Crippen LogP contribution in [0.15, 0.2) is 42.5 Å². The average molecular weight is 431 g/mol. The Morgan fingerprint density at radius 3 is 2.34 bits per heavy atom. The van der Waals surface area contributed by atoms with Gasteiger partial charge in [-0.15, -0.1) is 0 Å². The molecular formula is C22H27ClN4OS. The molecule has 3 rings (SSSR count). The van der Waals surface area contributed by atoms with Crippen LogP contribution in [0.4, 0.5) is 10.8 Å². The molecule has 0 saturated heterocycles. The molecule has 0 unspecified atom stereocenters. The summed E-state index contributed by atoms with van der Waals surface area (Å²) in [4.78, 5) is 24.2. The van der Waals surface area contributed by atoms with Crippen molar-refractivity contribution in [3.05, 3.63) is 53.1 Å². The van der Waals surface area contributed by atoms with Crippen LogP contribution in [0.25, 0.3) is 10.2 Å². The Morgan fingerprint density at radius 2 is 1.72 bits per heavy atom. The molecule has 1 amide bonds. The molecule has 0 N–H and O–H groups in total. The normalized spacial score (nSPS) is 11.2. The molecule has 0 fully saturated rings. The summed E-state index contributed by atoms with van der Waals surface area (Å²) >= 11 is 7.63. The van der Waals surface area contributed by atoms with Crippen molar-refractivity contribution in [3.63, 3.8) is 0 Å². The van der Waals surface area contributed by atoms with Crippen LogP contribution in [-0.4, -0.2) is 56.1 Å². The van der Waals surface area contributed by atoms with E-state index in [0.29, 0.717) is 22.3 Å². The Hall–Kier alpha value is -2.15. The van der Waals surface area contributed by atoms with E-state index in [-0.39, 0.29) is 5.91 Å². The maximum Gasteiger partial charge on any atom is 0.260 e. The van der Waals surface area contributed by atoms with Crippen LogP contribution in [0, 0.1) is 0 Å². The summed E-state index contributed by atoms with van der Waals surface area (Å²) in [5.74, 6) is -0.0346. The van der Waals surface area contributed by atoms with Crippen molar-refractivity contribution in [2.75, 3.05) is 50.1 Å².